The van der Waals surface area contributed by atoms with Crippen LogP contribution in [0.1, 0.15) is 0 Å². The van der Waals surface area contributed by atoms with E-state index in [2.05, 4.69) is 119 Å². The van der Waals surface area contributed by atoms with Gasteiger partial charge in [0.15, 0.2) is 0 Å². The van der Waals surface area contributed by atoms with Crippen molar-refractivity contribution in [1.29, 1.82) is 0 Å². The molecule has 0 atom stereocenters. The van der Waals surface area contributed by atoms with Crippen LogP contribution in [0.25, 0.3) is 69.9 Å². The van der Waals surface area contributed by atoms with E-state index in [0.29, 0.717) is 0 Å². The molecule has 0 aliphatic carbocycles. The van der Waals surface area contributed by atoms with Crippen molar-refractivity contribution in [1.82, 2.24) is 9.55 Å². The average Bonchev–Trinajstić information content (AvgIpc) is 2.96. The second-order valence-corrected chi connectivity index (χ2v) is 10.3. The highest BCUT2D eigenvalue weighted by Gasteiger charge is 2.22. The Labute approximate surface area is 212 Å². The molecule has 0 unspecified atom stereocenters. The molecule has 1 aromatic heterocycles. The summed E-state index contributed by atoms with van der Waals surface area (Å²) in [5.41, 5.74) is 8.68. The first-order valence-electron chi connectivity index (χ1n) is 12.1. The maximum atomic E-state index is 4.53. The van der Waals surface area contributed by atoms with Gasteiger partial charge < -0.3 is 4.57 Å². The minimum Gasteiger partial charge on any atom is -0.306 e. The number of aromatic nitrogens is 2. The van der Waals surface area contributed by atoms with Crippen molar-refractivity contribution < 1.29 is 0 Å². The van der Waals surface area contributed by atoms with Gasteiger partial charge in [0.1, 0.15) is 0 Å². The number of fused-ring (bicyclic) bond motifs is 5. The Bertz CT molecular complexity index is 2030. The summed E-state index contributed by atoms with van der Waals surface area (Å²) in [6.45, 7) is 0. The van der Waals surface area contributed by atoms with Crippen LogP contribution in [-0.4, -0.2) is 9.55 Å². The van der Waals surface area contributed by atoms with E-state index in [1.807, 2.05) is 23.7 Å². The summed E-state index contributed by atoms with van der Waals surface area (Å²) in [5.74, 6) is 0. The molecule has 0 amide bonds. The van der Waals surface area contributed by atoms with Crippen LogP contribution in [0.3, 0.4) is 0 Å². The van der Waals surface area contributed by atoms with Crippen molar-refractivity contribution >= 4 is 53.3 Å². The van der Waals surface area contributed by atoms with Gasteiger partial charge in [0.05, 0.1) is 26.1 Å². The van der Waals surface area contributed by atoms with E-state index >= 15 is 0 Å². The molecule has 2 aliphatic heterocycles. The molecule has 0 spiro atoms. The SMILES string of the molecule is c1ccc(-c2ccc3c(c2)sc2cc(-c4ccccc4)c4cccc5c6cnccc6n3-c2c45)cc1. The van der Waals surface area contributed by atoms with Crippen LogP contribution < -0.4 is 0 Å². The third-order valence-corrected chi connectivity index (χ3v) is 8.34. The largest absolute Gasteiger partial charge is 0.306 e. The summed E-state index contributed by atoms with van der Waals surface area (Å²) in [6, 6.07) is 39.5. The Morgan fingerprint density at radius 3 is 2.17 bits per heavy atom. The Morgan fingerprint density at radius 1 is 0.556 bits per heavy atom. The van der Waals surface area contributed by atoms with Gasteiger partial charge in [0.2, 0.25) is 0 Å². The molecule has 36 heavy (non-hydrogen) atoms. The minimum atomic E-state index is 1.18. The molecule has 0 fully saturated rings. The minimum absolute atomic E-state index is 1.18. The average molecular weight is 477 g/mol. The van der Waals surface area contributed by atoms with Gasteiger partial charge in [-0.15, -0.1) is 11.3 Å². The first kappa shape index (κ1) is 19.8. The van der Waals surface area contributed by atoms with E-state index in [-0.39, 0.29) is 0 Å². The fourth-order valence-electron chi connectivity index (χ4n) is 5.68. The fraction of sp³-hybridized carbons (Fsp3) is 0. The first-order chi connectivity index (χ1) is 17.9. The van der Waals surface area contributed by atoms with Crippen molar-refractivity contribution in [3.63, 3.8) is 0 Å². The fourth-order valence-corrected chi connectivity index (χ4v) is 6.84. The van der Waals surface area contributed by atoms with Crippen molar-refractivity contribution in [2.24, 2.45) is 0 Å². The van der Waals surface area contributed by atoms with Gasteiger partial charge in [-0.05, 0) is 57.3 Å². The molecule has 0 saturated heterocycles. The molecule has 0 N–H and O–H groups in total. The molecule has 2 nitrogen and oxygen atoms in total. The Morgan fingerprint density at radius 2 is 1.33 bits per heavy atom. The van der Waals surface area contributed by atoms with Crippen LogP contribution in [0.2, 0.25) is 0 Å². The molecule has 3 heteroatoms. The van der Waals surface area contributed by atoms with Gasteiger partial charge in [-0.3, -0.25) is 4.98 Å². The number of rotatable bonds is 2. The topological polar surface area (TPSA) is 17.8 Å². The highest BCUT2D eigenvalue weighted by molar-refractivity contribution is 7.24. The maximum absolute atomic E-state index is 4.53. The van der Waals surface area contributed by atoms with E-state index in [0.717, 1.165) is 0 Å². The van der Waals surface area contributed by atoms with Gasteiger partial charge in [-0.2, -0.15) is 0 Å². The highest BCUT2D eigenvalue weighted by Crippen LogP contribution is 2.47. The maximum Gasteiger partial charge on any atom is 0.0719 e. The summed E-state index contributed by atoms with van der Waals surface area (Å²) in [7, 11) is 0. The van der Waals surface area contributed by atoms with Crippen LogP contribution in [0.4, 0.5) is 0 Å². The normalized spacial score (nSPS) is 11.9. The molecule has 168 valence electrons. The van der Waals surface area contributed by atoms with E-state index in [4.69, 9.17) is 0 Å². The smallest absolute Gasteiger partial charge is 0.0719 e. The third-order valence-electron chi connectivity index (χ3n) is 7.27. The summed E-state index contributed by atoms with van der Waals surface area (Å²) < 4.78 is 5.01. The molecule has 8 rings (SSSR count). The molecule has 0 saturated carbocycles. The standard InChI is InChI=1S/C33H20N2S/c1-3-8-21(9-4-1)23-14-15-29-30(18-23)36-31-19-26(22-10-5-2-6-11-22)24-12-7-13-25-27-20-34-17-16-28(27)35(29)33(31)32(24)25/h1-20H. The molecule has 0 radical (unpaired) electrons. The highest BCUT2D eigenvalue weighted by atomic mass is 32.1. The van der Waals surface area contributed by atoms with Gasteiger partial charge in [0, 0.05) is 23.2 Å². The summed E-state index contributed by atoms with van der Waals surface area (Å²) in [5, 5.41) is 5.02. The van der Waals surface area contributed by atoms with Crippen molar-refractivity contribution in [3.8, 4) is 27.9 Å². The first-order valence-corrected chi connectivity index (χ1v) is 13.0. The number of hydrogen-bond acceptors (Lipinski definition) is 2. The number of benzene rings is 5. The van der Waals surface area contributed by atoms with Crippen LogP contribution >= 0.6 is 11.3 Å². The lowest BCUT2D eigenvalue weighted by molar-refractivity contribution is 1.19. The molecule has 6 aromatic rings. The lowest BCUT2D eigenvalue weighted by atomic mass is 9.92. The van der Waals surface area contributed by atoms with Crippen molar-refractivity contribution in [3.05, 3.63) is 122 Å². The second-order valence-electron chi connectivity index (χ2n) is 9.24. The zero-order chi connectivity index (χ0) is 23.6. The monoisotopic (exact) mass is 476 g/mol. The number of hydrogen-bond donors (Lipinski definition) is 0. The predicted octanol–water partition coefficient (Wildman–Crippen LogP) is 9.32. The molecule has 0 bridgehead atoms. The van der Waals surface area contributed by atoms with Crippen LogP contribution in [0, 0.1) is 0 Å². The molecule has 5 aromatic carbocycles. The van der Waals surface area contributed by atoms with Crippen LogP contribution in [-0.2, 0) is 0 Å². The lowest BCUT2D eigenvalue weighted by Gasteiger charge is -2.25. The van der Waals surface area contributed by atoms with E-state index in [9.17, 15) is 0 Å². The van der Waals surface area contributed by atoms with E-state index in [1.54, 1.807) is 0 Å². The Kier molecular flexibility index (Phi) is 4.13. The van der Waals surface area contributed by atoms with Crippen LogP contribution in [0.15, 0.2) is 122 Å². The molecular formula is C33H20N2S. The molecular weight excluding hydrogens is 456 g/mol. The lowest BCUT2D eigenvalue weighted by Crippen LogP contribution is -2.05. The predicted molar refractivity (Wildman–Crippen MR) is 154 cm³/mol. The van der Waals surface area contributed by atoms with E-state index in [1.165, 1.54) is 69.9 Å². The second kappa shape index (κ2) is 7.51. The van der Waals surface area contributed by atoms with Crippen molar-refractivity contribution in [2.45, 2.75) is 0 Å². The summed E-state index contributed by atoms with van der Waals surface area (Å²) in [4.78, 5) is 4.53. The number of pyridine rings is 2. The van der Waals surface area contributed by atoms with E-state index < -0.39 is 0 Å². The zero-order valence-corrected chi connectivity index (χ0v) is 20.2. The van der Waals surface area contributed by atoms with Gasteiger partial charge in [-0.1, -0.05) is 84.9 Å². The van der Waals surface area contributed by atoms with Gasteiger partial charge >= 0.3 is 0 Å². The summed E-state index contributed by atoms with van der Waals surface area (Å²) >= 11 is 1.88. The quantitative estimate of drug-likeness (QED) is 0.179. The third kappa shape index (κ3) is 2.75. The Balaban J connectivity index is 1.60. The Hall–Kier alpha value is -4.47. The number of nitrogens with zero attached hydrogens (tertiary/aromatic N) is 2. The molecule has 2 aliphatic rings. The molecule has 3 heterocycles. The summed E-state index contributed by atoms with van der Waals surface area (Å²) in [6.07, 6.45) is 3.92. The van der Waals surface area contributed by atoms with Gasteiger partial charge in [0.25, 0.3) is 0 Å². The van der Waals surface area contributed by atoms with Crippen molar-refractivity contribution in [2.75, 3.05) is 0 Å². The van der Waals surface area contributed by atoms with Crippen LogP contribution in [0.5, 0.6) is 0 Å². The van der Waals surface area contributed by atoms with Gasteiger partial charge in [-0.25, -0.2) is 0 Å². The zero-order valence-electron chi connectivity index (χ0n) is 19.3.